The number of carbonyl (C=O) groups excluding carboxylic acids is 3. The van der Waals surface area contributed by atoms with E-state index >= 15 is 0 Å². The van der Waals surface area contributed by atoms with Crippen molar-refractivity contribution >= 4 is 85.8 Å². The fourth-order valence-corrected chi connectivity index (χ4v) is 5.76. The maximum Gasteiger partial charge on any atom is 0.326 e. The molecule has 0 bridgehead atoms. The molecule has 0 spiro atoms. The number of benzene rings is 2. The van der Waals surface area contributed by atoms with E-state index in [0.29, 0.717) is 11.3 Å². The number of halogens is 2. The van der Waals surface area contributed by atoms with Crippen molar-refractivity contribution in [2.24, 2.45) is 0 Å². The van der Waals surface area contributed by atoms with Crippen LogP contribution in [0.25, 0.3) is 6.08 Å². The van der Waals surface area contributed by atoms with E-state index in [1.54, 1.807) is 25.1 Å². The summed E-state index contributed by atoms with van der Waals surface area (Å²) in [6.45, 7) is 1.63. The van der Waals surface area contributed by atoms with Crippen LogP contribution in [0.4, 0.5) is 10.5 Å². The normalized spacial score (nSPS) is 14.6. The van der Waals surface area contributed by atoms with E-state index in [1.165, 1.54) is 12.1 Å². The van der Waals surface area contributed by atoms with Gasteiger partial charge in [0.15, 0.2) is 0 Å². The molecule has 1 fully saturated rings. The van der Waals surface area contributed by atoms with Crippen LogP contribution >= 0.6 is 56.9 Å². The number of imide groups is 1. The average Bonchev–Trinajstić information content (AvgIpc) is 3.01. The third kappa shape index (κ3) is 6.44. The molecule has 1 saturated heterocycles. The number of thioether (sulfide) groups is 1. The molecule has 0 N–H and O–H groups in total. The molecule has 0 saturated carbocycles. The molecule has 33 heavy (non-hydrogen) atoms. The number of nitro benzene ring substituents is 1. The Morgan fingerprint density at radius 1 is 1.18 bits per heavy atom. The summed E-state index contributed by atoms with van der Waals surface area (Å²) in [5.74, 6) is -0.539. The largest absolute Gasteiger partial charge is 0.487 e. The molecule has 1 aliphatic rings. The van der Waals surface area contributed by atoms with Crippen molar-refractivity contribution < 1.29 is 28.8 Å². The van der Waals surface area contributed by atoms with Gasteiger partial charge in [0, 0.05) is 12.1 Å². The fraction of sp³-hybridized carbons (Fsp3) is 0.190. The molecule has 1 aliphatic heterocycles. The number of ether oxygens (including phenoxy) is 2. The first-order chi connectivity index (χ1) is 15.7. The predicted octanol–water partition coefficient (Wildman–Crippen LogP) is 4.98. The number of nitro groups is 1. The Kier molecular flexibility index (Phi) is 8.69. The first-order valence-corrected chi connectivity index (χ1v) is 12.4. The monoisotopic (exact) mass is 694 g/mol. The summed E-state index contributed by atoms with van der Waals surface area (Å²) in [5.41, 5.74) is 1.50. The van der Waals surface area contributed by atoms with Gasteiger partial charge in [0.1, 0.15) is 18.9 Å². The Labute approximate surface area is 220 Å². The van der Waals surface area contributed by atoms with Crippen LogP contribution < -0.4 is 4.74 Å². The third-order valence-corrected chi connectivity index (χ3v) is 6.82. The Morgan fingerprint density at radius 2 is 1.82 bits per heavy atom. The minimum Gasteiger partial charge on any atom is -0.487 e. The average molecular weight is 694 g/mol. The molecule has 0 unspecified atom stereocenters. The predicted molar refractivity (Wildman–Crippen MR) is 139 cm³/mol. The second-order valence-electron chi connectivity index (χ2n) is 6.60. The van der Waals surface area contributed by atoms with Crippen LogP contribution in [0, 0.1) is 17.3 Å². The number of nitrogens with zero attached hydrogens (tertiary/aromatic N) is 2. The first kappa shape index (κ1) is 25.4. The van der Waals surface area contributed by atoms with Crippen LogP contribution in [0.1, 0.15) is 18.1 Å². The highest BCUT2D eigenvalue weighted by atomic mass is 127. The van der Waals surface area contributed by atoms with Crippen molar-refractivity contribution in [2.45, 2.75) is 13.5 Å². The molecule has 3 rings (SSSR count). The highest BCUT2D eigenvalue weighted by Crippen LogP contribution is 2.35. The zero-order valence-electron chi connectivity index (χ0n) is 17.1. The molecule has 12 heteroatoms. The summed E-state index contributed by atoms with van der Waals surface area (Å²) >= 11 is 5.00. The van der Waals surface area contributed by atoms with Gasteiger partial charge in [-0.1, -0.05) is 0 Å². The lowest BCUT2D eigenvalue weighted by molar-refractivity contribution is -0.384. The molecule has 0 aromatic heterocycles. The summed E-state index contributed by atoms with van der Waals surface area (Å²) < 4.78 is 12.3. The van der Waals surface area contributed by atoms with Gasteiger partial charge >= 0.3 is 5.97 Å². The van der Waals surface area contributed by atoms with Crippen molar-refractivity contribution in [3.63, 3.8) is 0 Å². The van der Waals surface area contributed by atoms with E-state index in [-0.39, 0.29) is 23.8 Å². The van der Waals surface area contributed by atoms with Crippen molar-refractivity contribution in [1.82, 2.24) is 4.90 Å². The molecule has 1 heterocycles. The number of non-ortho nitro benzene ring substituents is 1. The molecule has 2 aromatic rings. The van der Waals surface area contributed by atoms with Gasteiger partial charge in [-0.2, -0.15) is 0 Å². The Balaban J connectivity index is 1.72. The number of hydrogen-bond acceptors (Lipinski definition) is 8. The molecule has 0 radical (unpaired) electrons. The summed E-state index contributed by atoms with van der Waals surface area (Å²) in [5, 5.41) is 10.2. The van der Waals surface area contributed by atoms with Crippen LogP contribution in [-0.2, 0) is 20.9 Å². The van der Waals surface area contributed by atoms with Gasteiger partial charge in [0.25, 0.3) is 16.8 Å². The summed E-state index contributed by atoms with van der Waals surface area (Å²) in [7, 11) is 0. The van der Waals surface area contributed by atoms with Crippen LogP contribution in [0.2, 0.25) is 0 Å². The van der Waals surface area contributed by atoms with Gasteiger partial charge < -0.3 is 9.47 Å². The lowest BCUT2D eigenvalue weighted by atomic mass is 10.2. The van der Waals surface area contributed by atoms with Crippen molar-refractivity contribution in [2.75, 3.05) is 13.2 Å². The fourth-order valence-electron chi connectivity index (χ4n) is 2.79. The lowest BCUT2D eigenvalue weighted by Gasteiger charge is -2.12. The van der Waals surface area contributed by atoms with Gasteiger partial charge in [-0.25, -0.2) is 0 Å². The van der Waals surface area contributed by atoms with Gasteiger partial charge in [-0.05, 0) is 105 Å². The van der Waals surface area contributed by atoms with Crippen LogP contribution in [-0.4, -0.2) is 40.1 Å². The number of esters is 1. The third-order valence-electron chi connectivity index (χ3n) is 4.31. The topological polar surface area (TPSA) is 116 Å². The Morgan fingerprint density at radius 3 is 2.39 bits per heavy atom. The maximum absolute atomic E-state index is 12.6. The Hall–Kier alpha value is -2.20. The van der Waals surface area contributed by atoms with E-state index in [9.17, 15) is 24.5 Å². The quantitative estimate of drug-likeness (QED) is 0.125. The van der Waals surface area contributed by atoms with Crippen molar-refractivity contribution in [3.8, 4) is 5.75 Å². The lowest BCUT2D eigenvalue weighted by Crippen LogP contribution is -2.34. The number of carbonyl (C=O) groups is 3. The van der Waals surface area contributed by atoms with Crippen molar-refractivity contribution in [3.05, 3.63) is 69.7 Å². The molecule has 172 valence electrons. The molecule has 0 aliphatic carbocycles. The highest BCUT2D eigenvalue weighted by molar-refractivity contribution is 14.1. The zero-order chi connectivity index (χ0) is 24.1. The second-order valence-corrected chi connectivity index (χ2v) is 9.92. The van der Waals surface area contributed by atoms with E-state index in [1.807, 2.05) is 12.1 Å². The number of hydrogen-bond donors (Lipinski definition) is 0. The molecule has 2 amide bonds. The SMILES string of the molecule is CCOC(=O)CN1C(=O)S/C(=C/c2cc(I)c(OCc3ccc([N+](=O)[O-])cc3)c(I)c2)C1=O. The van der Waals surface area contributed by atoms with Crippen LogP contribution in [0.15, 0.2) is 41.3 Å². The van der Waals surface area contributed by atoms with Gasteiger partial charge in [-0.15, -0.1) is 0 Å². The van der Waals surface area contributed by atoms with E-state index in [0.717, 1.165) is 29.4 Å². The molecule has 2 aromatic carbocycles. The van der Waals surface area contributed by atoms with Gasteiger partial charge in [-0.3, -0.25) is 29.4 Å². The molecular formula is C21H16I2N2O7S. The number of rotatable bonds is 8. The zero-order valence-corrected chi connectivity index (χ0v) is 22.2. The van der Waals surface area contributed by atoms with Gasteiger partial charge in [0.2, 0.25) is 0 Å². The van der Waals surface area contributed by atoms with E-state index in [4.69, 9.17) is 9.47 Å². The van der Waals surface area contributed by atoms with Crippen molar-refractivity contribution in [1.29, 1.82) is 0 Å². The first-order valence-electron chi connectivity index (χ1n) is 9.45. The molecule has 0 atom stereocenters. The molecule has 9 nitrogen and oxygen atoms in total. The number of amides is 2. The summed E-state index contributed by atoms with van der Waals surface area (Å²) in [6.07, 6.45) is 1.60. The van der Waals surface area contributed by atoms with Crippen LogP contribution in [0.5, 0.6) is 5.75 Å². The second kappa shape index (κ2) is 11.3. The maximum atomic E-state index is 12.6. The van der Waals surface area contributed by atoms with E-state index in [2.05, 4.69) is 45.2 Å². The standard InChI is InChI=1S/C21H16I2N2O7S/c1-2-31-18(26)10-24-20(27)17(33-21(24)28)9-13-7-15(22)19(16(23)8-13)32-11-12-3-5-14(6-4-12)25(29)30/h3-9H,2,10-11H2,1H3/b17-9+. The minimum absolute atomic E-state index is 0.0129. The molecular weight excluding hydrogens is 678 g/mol. The van der Waals surface area contributed by atoms with Gasteiger partial charge in [0.05, 0.1) is 23.6 Å². The van der Waals surface area contributed by atoms with Crippen LogP contribution in [0.3, 0.4) is 0 Å². The minimum atomic E-state index is -0.639. The summed E-state index contributed by atoms with van der Waals surface area (Å²) in [4.78, 5) is 47.8. The summed E-state index contributed by atoms with van der Waals surface area (Å²) in [6, 6.07) is 9.75. The smallest absolute Gasteiger partial charge is 0.326 e. The highest BCUT2D eigenvalue weighted by Gasteiger charge is 2.36. The Bertz CT molecular complexity index is 1130. The van der Waals surface area contributed by atoms with E-state index < -0.39 is 28.6 Å².